The average Bonchev–Trinajstić information content (AvgIpc) is 2.43. The third kappa shape index (κ3) is 4.26. The molecular weight excluding hydrogens is 264 g/mol. The Labute approximate surface area is 125 Å². The van der Waals surface area contributed by atoms with Gasteiger partial charge in [0.25, 0.3) is 5.91 Å². The summed E-state index contributed by atoms with van der Waals surface area (Å²) in [7, 11) is 0. The van der Waals surface area contributed by atoms with Gasteiger partial charge in [0.15, 0.2) is 0 Å². The smallest absolute Gasteiger partial charge is 0.251 e. The Morgan fingerprint density at radius 3 is 2.86 bits per heavy atom. The maximum Gasteiger partial charge on any atom is 0.251 e. The number of aliphatic hydroxyl groups is 1. The molecule has 4 heteroatoms. The molecule has 1 aromatic carbocycles. The summed E-state index contributed by atoms with van der Waals surface area (Å²) < 4.78 is 0. The molecule has 0 fully saturated rings. The number of amides is 1. The standard InChI is InChI=1S/C17H22N2O2/c1-12(2)10-17(3,21)11-19-16(20)14-6-7-15-13(9-14)5-4-8-18-15/h4-9,12,21H,10-11H2,1-3H3,(H,19,20). The molecule has 0 aliphatic carbocycles. The number of benzene rings is 1. The van der Waals surface area contributed by atoms with Crippen molar-refractivity contribution in [1.29, 1.82) is 0 Å². The summed E-state index contributed by atoms with van der Waals surface area (Å²) in [6.45, 7) is 6.09. The Bertz CT molecular complexity index is 635. The molecule has 0 radical (unpaired) electrons. The Balaban J connectivity index is 2.05. The molecule has 2 N–H and O–H groups in total. The minimum atomic E-state index is -0.887. The maximum atomic E-state index is 12.2. The normalized spacial score (nSPS) is 14.1. The van der Waals surface area contributed by atoms with Crippen molar-refractivity contribution < 1.29 is 9.90 Å². The molecule has 0 saturated carbocycles. The van der Waals surface area contributed by atoms with Gasteiger partial charge in [0, 0.05) is 23.7 Å². The van der Waals surface area contributed by atoms with Crippen LogP contribution in [-0.2, 0) is 0 Å². The molecule has 21 heavy (non-hydrogen) atoms. The molecule has 0 saturated heterocycles. The van der Waals surface area contributed by atoms with E-state index in [0.29, 0.717) is 17.9 Å². The highest BCUT2D eigenvalue weighted by Gasteiger charge is 2.22. The Kier molecular flexibility index (Phi) is 4.58. The number of nitrogens with one attached hydrogen (secondary N) is 1. The van der Waals surface area contributed by atoms with Crippen molar-refractivity contribution in [2.24, 2.45) is 5.92 Å². The van der Waals surface area contributed by atoms with Crippen LogP contribution in [0.15, 0.2) is 36.5 Å². The highest BCUT2D eigenvalue weighted by atomic mass is 16.3. The van der Waals surface area contributed by atoms with Gasteiger partial charge in [-0.2, -0.15) is 0 Å². The summed E-state index contributed by atoms with van der Waals surface area (Å²) in [5.41, 5.74) is 0.555. The molecule has 1 unspecified atom stereocenters. The first-order valence-corrected chi connectivity index (χ1v) is 7.23. The third-order valence-corrected chi connectivity index (χ3v) is 3.34. The van der Waals surface area contributed by atoms with Crippen LogP contribution in [-0.4, -0.2) is 28.1 Å². The number of hydrogen-bond donors (Lipinski definition) is 2. The topological polar surface area (TPSA) is 62.2 Å². The van der Waals surface area contributed by atoms with Crippen molar-refractivity contribution in [2.75, 3.05) is 6.54 Å². The summed E-state index contributed by atoms with van der Waals surface area (Å²) >= 11 is 0. The van der Waals surface area contributed by atoms with Crippen LogP contribution in [0.25, 0.3) is 10.9 Å². The summed E-state index contributed by atoms with van der Waals surface area (Å²) in [6, 6.07) is 9.17. The molecule has 2 rings (SSSR count). The van der Waals surface area contributed by atoms with Gasteiger partial charge in [-0.05, 0) is 43.5 Å². The second-order valence-electron chi connectivity index (χ2n) is 6.19. The number of carbonyl (C=O) groups excluding carboxylic acids is 1. The van der Waals surface area contributed by atoms with Crippen LogP contribution in [0.5, 0.6) is 0 Å². The van der Waals surface area contributed by atoms with Crippen molar-refractivity contribution in [1.82, 2.24) is 10.3 Å². The zero-order chi connectivity index (χ0) is 15.5. The minimum Gasteiger partial charge on any atom is -0.388 e. The first-order valence-electron chi connectivity index (χ1n) is 7.23. The maximum absolute atomic E-state index is 12.2. The molecule has 112 valence electrons. The van der Waals surface area contributed by atoms with Gasteiger partial charge >= 0.3 is 0 Å². The lowest BCUT2D eigenvalue weighted by Gasteiger charge is -2.25. The van der Waals surface area contributed by atoms with Gasteiger partial charge in [-0.1, -0.05) is 19.9 Å². The monoisotopic (exact) mass is 286 g/mol. The second-order valence-corrected chi connectivity index (χ2v) is 6.19. The predicted molar refractivity (Wildman–Crippen MR) is 84.2 cm³/mol. The SMILES string of the molecule is CC(C)CC(C)(O)CNC(=O)c1ccc2ncccc2c1. The fourth-order valence-corrected chi connectivity index (χ4v) is 2.54. The van der Waals surface area contributed by atoms with Crippen molar-refractivity contribution in [2.45, 2.75) is 32.8 Å². The summed E-state index contributed by atoms with van der Waals surface area (Å²) in [5, 5.41) is 14.0. The van der Waals surface area contributed by atoms with Gasteiger partial charge in [0.05, 0.1) is 11.1 Å². The van der Waals surface area contributed by atoms with Gasteiger partial charge in [-0.15, -0.1) is 0 Å². The highest BCUT2D eigenvalue weighted by Crippen LogP contribution is 2.16. The summed E-state index contributed by atoms with van der Waals surface area (Å²) in [4.78, 5) is 16.4. The van der Waals surface area contributed by atoms with E-state index in [-0.39, 0.29) is 12.5 Å². The quantitative estimate of drug-likeness (QED) is 0.888. The van der Waals surface area contributed by atoms with Crippen LogP contribution in [0.1, 0.15) is 37.6 Å². The van der Waals surface area contributed by atoms with Crippen LogP contribution in [0, 0.1) is 5.92 Å². The predicted octanol–water partition coefficient (Wildman–Crippen LogP) is 2.76. The van der Waals surface area contributed by atoms with Gasteiger partial charge in [-0.3, -0.25) is 9.78 Å². The van der Waals surface area contributed by atoms with E-state index in [1.807, 2.05) is 38.1 Å². The van der Waals surface area contributed by atoms with E-state index in [1.165, 1.54) is 0 Å². The average molecular weight is 286 g/mol. The van der Waals surface area contributed by atoms with E-state index in [2.05, 4.69) is 10.3 Å². The number of hydrogen-bond acceptors (Lipinski definition) is 3. The fraction of sp³-hybridized carbons (Fsp3) is 0.412. The largest absolute Gasteiger partial charge is 0.388 e. The fourth-order valence-electron chi connectivity index (χ4n) is 2.54. The van der Waals surface area contributed by atoms with Crippen LogP contribution in [0.4, 0.5) is 0 Å². The Hall–Kier alpha value is -1.94. The van der Waals surface area contributed by atoms with Crippen molar-refractivity contribution >= 4 is 16.8 Å². The summed E-state index contributed by atoms with van der Waals surface area (Å²) in [6.07, 6.45) is 2.38. The molecule has 0 bridgehead atoms. The summed E-state index contributed by atoms with van der Waals surface area (Å²) in [5.74, 6) is 0.202. The van der Waals surface area contributed by atoms with Gasteiger partial charge in [0.2, 0.25) is 0 Å². The molecule has 2 aromatic rings. The van der Waals surface area contributed by atoms with Gasteiger partial charge in [-0.25, -0.2) is 0 Å². The van der Waals surface area contributed by atoms with E-state index >= 15 is 0 Å². The highest BCUT2D eigenvalue weighted by molar-refractivity contribution is 5.97. The molecule has 1 aromatic heterocycles. The molecule has 0 aliphatic rings. The van der Waals surface area contributed by atoms with E-state index in [9.17, 15) is 9.90 Å². The third-order valence-electron chi connectivity index (χ3n) is 3.34. The first kappa shape index (κ1) is 15.4. The van der Waals surface area contributed by atoms with E-state index in [1.54, 1.807) is 19.2 Å². The van der Waals surface area contributed by atoms with Gasteiger partial charge < -0.3 is 10.4 Å². The van der Waals surface area contributed by atoms with Crippen LogP contribution >= 0.6 is 0 Å². The molecular formula is C17H22N2O2. The Morgan fingerprint density at radius 2 is 2.14 bits per heavy atom. The number of nitrogens with zero attached hydrogens (tertiary/aromatic N) is 1. The molecule has 1 atom stereocenters. The van der Waals surface area contributed by atoms with Crippen molar-refractivity contribution in [3.8, 4) is 0 Å². The number of carbonyl (C=O) groups is 1. The first-order chi connectivity index (χ1) is 9.87. The molecule has 0 aliphatic heterocycles. The zero-order valence-electron chi connectivity index (χ0n) is 12.8. The van der Waals surface area contributed by atoms with Gasteiger partial charge in [0.1, 0.15) is 0 Å². The lowest BCUT2D eigenvalue weighted by atomic mass is 9.94. The Morgan fingerprint density at radius 1 is 1.38 bits per heavy atom. The molecule has 0 spiro atoms. The van der Waals surface area contributed by atoms with E-state index in [0.717, 1.165) is 10.9 Å². The minimum absolute atomic E-state index is 0.176. The lowest BCUT2D eigenvalue weighted by Crippen LogP contribution is -2.41. The van der Waals surface area contributed by atoms with E-state index in [4.69, 9.17) is 0 Å². The van der Waals surface area contributed by atoms with Crippen molar-refractivity contribution in [3.63, 3.8) is 0 Å². The van der Waals surface area contributed by atoms with E-state index < -0.39 is 5.60 Å². The van der Waals surface area contributed by atoms with Crippen LogP contribution < -0.4 is 5.32 Å². The second kappa shape index (κ2) is 6.22. The van der Waals surface area contributed by atoms with Crippen LogP contribution in [0.2, 0.25) is 0 Å². The molecule has 4 nitrogen and oxygen atoms in total. The van der Waals surface area contributed by atoms with Crippen LogP contribution in [0.3, 0.4) is 0 Å². The van der Waals surface area contributed by atoms with Crippen molar-refractivity contribution in [3.05, 3.63) is 42.1 Å². The number of pyridine rings is 1. The number of fused-ring (bicyclic) bond motifs is 1. The zero-order valence-corrected chi connectivity index (χ0v) is 12.8. The molecule has 1 heterocycles. The lowest BCUT2D eigenvalue weighted by molar-refractivity contribution is 0.0368. The number of rotatable bonds is 5. The molecule has 1 amide bonds. The number of aromatic nitrogens is 1.